The molecule has 0 aliphatic heterocycles. The Morgan fingerprint density at radius 2 is 2.00 bits per heavy atom. The van der Waals surface area contributed by atoms with Crippen LogP contribution in [0.4, 0.5) is 0 Å². The van der Waals surface area contributed by atoms with Crippen LogP contribution in [0.5, 0.6) is 0 Å². The molecule has 1 saturated carbocycles. The number of rotatable bonds is 2. The molecule has 2 rings (SSSR count). The number of nitrogens with two attached hydrogens (primary N) is 1. The Bertz CT molecular complexity index is 341. The van der Waals surface area contributed by atoms with Gasteiger partial charge in [-0.05, 0) is 25.0 Å². The normalized spacial score (nSPS) is 16.9. The SMILES string of the molecule is NNC(=NC1CC1)c1ccc(Br)cc1. The van der Waals surface area contributed by atoms with Crippen LogP contribution in [0.25, 0.3) is 0 Å². The molecule has 0 saturated heterocycles. The van der Waals surface area contributed by atoms with Crippen LogP contribution in [0.1, 0.15) is 18.4 Å². The Balaban J connectivity index is 2.22. The third kappa shape index (κ3) is 2.33. The van der Waals surface area contributed by atoms with Crippen molar-refractivity contribution in [2.45, 2.75) is 18.9 Å². The lowest BCUT2D eigenvalue weighted by Gasteiger charge is -2.05. The van der Waals surface area contributed by atoms with E-state index in [0.29, 0.717) is 6.04 Å². The maximum Gasteiger partial charge on any atom is 0.142 e. The Hall–Kier alpha value is -0.870. The highest BCUT2D eigenvalue weighted by molar-refractivity contribution is 9.10. The van der Waals surface area contributed by atoms with Crippen molar-refractivity contribution in [2.24, 2.45) is 10.8 Å². The number of nitrogens with one attached hydrogen (secondary N) is 1. The Kier molecular flexibility index (Phi) is 2.84. The van der Waals surface area contributed by atoms with E-state index < -0.39 is 0 Å². The van der Waals surface area contributed by atoms with Gasteiger partial charge in [-0.2, -0.15) is 0 Å². The molecule has 0 unspecified atom stereocenters. The summed E-state index contributed by atoms with van der Waals surface area (Å²) in [5, 5.41) is 0. The van der Waals surface area contributed by atoms with Gasteiger partial charge in [0.05, 0.1) is 6.04 Å². The van der Waals surface area contributed by atoms with Crippen molar-refractivity contribution in [1.29, 1.82) is 0 Å². The summed E-state index contributed by atoms with van der Waals surface area (Å²) in [7, 11) is 0. The van der Waals surface area contributed by atoms with Crippen molar-refractivity contribution in [3.8, 4) is 0 Å². The number of aliphatic imine (C=N–C) groups is 1. The monoisotopic (exact) mass is 253 g/mol. The van der Waals surface area contributed by atoms with Gasteiger partial charge in [0.15, 0.2) is 0 Å². The predicted molar refractivity (Wildman–Crippen MR) is 61.0 cm³/mol. The van der Waals surface area contributed by atoms with E-state index in [4.69, 9.17) is 5.84 Å². The quantitative estimate of drug-likeness (QED) is 0.366. The van der Waals surface area contributed by atoms with Crippen molar-refractivity contribution in [3.63, 3.8) is 0 Å². The van der Waals surface area contributed by atoms with Gasteiger partial charge in [-0.25, -0.2) is 5.84 Å². The van der Waals surface area contributed by atoms with Gasteiger partial charge in [-0.15, -0.1) is 0 Å². The molecular formula is C10H12BrN3. The molecule has 1 aromatic carbocycles. The summed E-state index contributed by atoms with van der Waals surface area (Å²) in [4.78, 5) is 4.47. The minimum Gasteiger partial charge on any atom is -0.308 e. The number of hydrazine groups is 1. The molecule has 0 amide bonds. The molecule has 3 nitrogen and oxygen atoms in total. The smallest absolute Gasteiger partial charge is 0.142 e. The second kappa shape index (κ2) is 4.11. The molecule has 3 N–H and O–H groups in total. The highest BCUT2D eigenvalue weighted by Crippen LogP contribution is 2.24. The van der Waals surface area contributed by atoms with Gasteiger partial charge in [0, 0.05) is 10.0 Å². The van der Waals surface area contributed by atoms with Crippen LogP contribution in [-0.4, -0.2) is 11.9 Å². The third-order valence-corrected chi connectivity index (χ3v) is 2.64. The average molecular weight is 254 g/mol. The molecule has 1 aromatic rings. The van der Waals surface area contributed by atoms with Gasteiger partial charge in [0.2, 0.25) is 0 Å². The van der Waals surface area contributed by atoms with Crippen molar-refractivity contribution in [3.05, 3.63) is 34.3 Å². The highest BCUT2D eigenvalue weighted by Gasteiger charge is 2.21. The second-order valence-electron chi connectivity index (χ2n) is 3.36. The lowest BCUT2D eigenvalue weighted by Crippen LogP contribution is -2.31. The summed E-state index contributed by atoms with van der Waals surface area (Å²) in [6.07, 6.45) is 2.36. The summed E-state index contributed by atoms with van der Waals surface area (Å²) in [6.45, 7) is 0. The largest absolute Gasteiger partial charge is 0.308 e. The van der Waals surface area contributed by atoms with E-state index >= 15 is 0 Å². The van der Waals surface area contributed by atoms with Gasteiger partial charge in [0.25, 0.3) is 0 Å². The highest BCUT2D eigenvalue weighted by atomic mass is 79.9. The standard InChI is InChI=1S/C10H12BrN3/c11-8-3-1-7(2-4-8)10(14-12)13-9-5-6-9/h1-4,9H,5-6,12H2,(H,13,14). The van der Waals surface area contributed by atoms with E-state index in [1.165, 1.54) is 12.8 Å². The van der Waals surface area contributed by atoms with Crippen molar-refractivity contribution in [1.82, 2.24) is 5.43 Å². The Morgan fingerprint density at radius 1 is 1.36 bits per heavy atom. The lowest BCUT2D eigenvalue weighted by molar-refractivity contribution is 0.971. The molecule has 0 spiro atoms. The van der Waals surface area contributed by atoms with Crippen LogP contribution in [0.3, 0.4) is 0 Å². The number of benzene rings is 1. The number of hydrogen-bond donors (Lipinski definition) is 2. The van der Waals surface area contributed by atoms with Crippen LogP contribution < -0.4 is 11.3 Å². The third-order valence-electron chi connectivity index (χ3n) is 2.11. The number of hydrogen-bond acceptors (Lipinski definition) is 2. The summed E-state index contributed by atoms with van der Waals surface area (Å²) in [6, 6.07) is 8.42. The average Bonchev–Trinajstić information content (AvgIpc) is 3.00. The summed E-state index contributed by atoms with van der Waals surface area (Å²) >= 11 is 3.39. The van der Waals surface area contributed by atoms with E-state index in [0.717, 1.165) is 15.9 Å². The minimum absolute atomic E-state index is 0.477. The van der Waals surface area contributed by atoms with Crippen molar-refractivity contribution < 1.29 is 0 Å². The maximum absolute atomic E-state index is 5.43. The number of halogens is 1. The van der Waals surface area contributed by atoms with E-state index in [9.17, 15) is 0 Å². The summed E-state index contributed by atoms with van der Waals surface area (Å²) in [5.41, 5.74) is 3.67. The van der Waals surface area contributed by atoms with Gasteiger partial charge < -0.3 is 5.43 Å². The fourth-order valence-electron chi connectivity index (χ4n) is 1.19. The first-order chi connectivity index (χ1) is 6.79. The lowest BCUT2D eigenvalue weighted by atomic mass is 10.2. The molecule has 4 heteroatoms. The van der Waals surface area contributed by atoms with Crippen LogP contribution >= 0.6 is 15.9 Å². The Morgan fingerprint density at radius 3 is 2.50 bits per heavy atom. The molecule has 0 heterocycles. The summed E-state index contributed by atoms with van der Waals surface area (Å²) in [5.74, 6) is 6.20. The van der Waals surface area contributed by atoms with E-state index in [1.807, 2.05) is 24.3 Å². The van der Waals surface area contributed by atoms with Gasteiger partial charge in [0.1, 0.15) is 5.84 Å². The zero-order chi connectivity index (χ0) is 9.97. The van der Waals surface area contributed by atoms with Crippen LogP contribution in [0, 0.1) is 0 Å². The number of nitrogens with zero attached hydrogens (tertiary/aromatic N) is 1. The van der Waals surface area contributed by atoms with E-state index in [2.05, 4.69) is 26.3 Å². The van der Waals surface area contributed by atoms with Gasteiger partial charge in [-0.1, -0.05) is 28.1 Å². The maximum atomic E-state index is 5.43. The van der Waals surface area contributed by atoms with Crippen molar-refractivity contribution in [2.75, 3.05) is 0 Å². The molecule has 0 bridgehead atoms. The fraction of sp³-hybridized carbons (Fsp3) is 0.300. The van der Waals surface area contributed by atoms with Crippen molar-refractivity contribution >= 4 is 21.8 Å². The van der Waals surface area contributed by atoms with Crippen LogP contribution in [-0.2, 0) is 0 Å². The second-order valence-corrected chi connectivity index (χ2v) is 4.28. The molecule has 0 atom stereocenters. The number of amidine groups is 1. The topological polar surface area (TPSA) is 50.4 Å². The predicted octanol–water partition coefficient (Wildman–Crippen LogP) is 1.82. The zero-order valence-corrected chi connectivity index (χ0v) is 9.29. The molecular weight excluding hydrogens is 242 g/mol. The first kappa shape index (κ1) is 9.68. The fourth-order valence-corrected chi connectivity index (χ4v) is 1.45. The van der Waals surface area contributed by atoms with E-state index in [1.54, 1.807) is 0 Å². The van der Waals surface area contributed by atoms with Gasteiger partial charge in [-0.3, -0.25) is 4.99 Å². The molecule has 1 fully saturated rings. The minimum atomic E-state index is 0.477. The molecule has 0 aromatic heterocycles. The Labute approximate surface area is 91.5 Å². The molecule has 1 aliphatic rings. The molecule has 14 heavy (non-hydrogen) atoms. The zero-order valence-electron chi connectivity index (χ0n) is 7.70. The summed E-state index contributed by atoms with van der Waals surface area (Å²) < 4.78 is 1.06. The van der Waals surface area contributed by atoms with Crippen LogP contribution in [0.15, 0.2) is 33.7 Å². The molecule has 74 valence electrons. The first-order valence-corrected chi connectivity index (χ1v) is 5.39. The van der Waals surface area contributed by atoms with Gasteiger partial charge >= 0.3 is 0 Å². The molecule has 0 radical (unpaired) electrons. The first-order valence-electron chi connectivity index (χ1n) is 4.60. The van der Waals surface area contributed by atoms with Crippen LogP contribution in [0.2, 0.25) is 0 Å². The molecule has 1 aliphatic carbocycles. The van der Waals surface area contributed by atoms with E-state index in [-0.39, 0.29) is 0 Å².